The first kappa shape index (κ1) is 17.2. The molecule has 0 aliphatic carbocycles. The van der Waals surface area contributed by atoms with Crippen LogP contribution in [0.3, 0.4) is 0 Å². The summed E-state index contributed by atoms with van der Waals surface area (Å²) >= 11 is 0. The van der Waals surface area contributed by atoms with Crippen LogP contribution in [-0.4, -0.2) is 35.9 Å². The van der Waals surface area contributed by atoms with E-state index in [1.807, 2.05) is 0 Å². The molecule has 0 aromatic heterocycles. The van der Waals surface area contributed by atoms with Crippen LogP contribution in [0.2, 0.25) is 0 Å². The maximum absolute atomic E-state index is 13.0. The fourth-order valence-electron chi connectivity index (χ4n) is 3.83. The molecule has 0 saturated carbocycles. The number of carboxylic acid groups (broad SMARTS) is 1. The first-order valence-electron chi connectivity index (χ1n) is 7.50. The zero-order chi connectivity index (χ0) is 17.7. The van der Waals surface area contributed by atoms with Gasteiger partial charge in [-0.2, -0.15) is 17.5 Å². The number of aliphatic carboxylic acids is 1. The molecule has 132 valence electrons. The molecule has 0 spiro atoms. The molecule has 9 heteroatoms. The molecule has 2 aliphatic rings. The molecule has 2 saturated heterocycles. The smallest absolute Gasteiger partial charge is 0.416 e. The van der Waals surface area contributed by atoms with Gasteiger partial charge < -0.3 is 5.11 Å². The standard InChI is InChI=1S/C15H16F3NO4S/c16-15(17,18)12-4-2-1-3-9(12)8-24(22,23)19-10-5-6-13(19)11(7-10)14(20)21/h1-4,10-11,13H,5-8H2,(H,20,21). The summed E-state index contributed by atoms with van der Waals surface area (Å²) < 4.78 is 65.6. The molecule has 5 nitrogen and oxygen atoms in total. The highest BCUT2D eigenvalue weighted by Gasteiger charge is 2.54. The van der Waals surface area contributed by atoms with Crippen molar-refractivity contribution in [3.05, 3.63) is 35.4 Å². The van der Waals surface area contributed by atoms with Gasteiger partial charge in [0.1, 0.15) is 0 Å². The van der Waals surface area contributed by atoms with Gasteiger partial charge in [-0.1, -0.05) is 18.2 Å². The van der Waals surface area contributed by atoms with E-state index in [0.717, 1.165) is 16.4 Å². The molecule has 2 bridgehead atoms. The number of carbonyl (C=O) groups is 1. The van der Waals surface area contributed by atoms with Gasteiger partial charge in [-0.25, -0.2) is 8.42 Å². The van der Waals surface area contributed by atoms with Gasteiger partial charge in [0.2, 0.25) is 10.0 Å². The van der Waals surface area contributed by atoms with Crippen LogP contribution in [-0.2, 0) is 26.7 Å². The second-order valence-corrected chi connectivity index (χ2v) is 8.09. The van der Waals surface area contributed by atoms with Crippen molar-refractivity contribution in [3.63, 3.8) is 0 Å². The lowest BCUT2D eigenvalue weighted by Crippen LogP contribution is -2.38. The van der Waals surface area contributed by atoms with Crippen molar-refractivity contribution >= 4 is 16.0 Å². The van der Waals surface area contributed by atoms with E-state index < -0.39 is 51.5 Å². The summed E-state index contributed by atoms with van der Waals surface area (Å²) in [5.74, 6) is -2.61. The second kappa shape index (κ2) is 5.73. The van der Waals surface area contributed by atoms with Gasteiger partial charge >= 0.3 is 12.1 Å². The number of carboxylic acids is 1. The third-order valence-electron chi connectivity index (χ3n) is 4.77. The van der Waals surface area contributed by atoms with Crippen LogP contribution in [0.15, 0.2) is 24.3 Å². The number of halogens is 3. The summed E-state index contributed by atoms with van der Waals surface area (Å²) in [7, 11) is -4.03. The lowest BCUT2D eigenvalue weighted by Gasteiger charge is -2.23. The minimum atomic E-state index is -4.64. The van der Waals surface area contributed by atoms with Crippen molar-refractivity contribution < 1.29 is 31.5 Å². The monoisotopic (exact) mass is 363 g/mol. The highest BCUT2D eigenvalue weighted by atomic mass is 32.2. The largest absolute Gasteiger partial charge is 0.481 e. The Morgan fingerprint density at radius 1 is 1.25 bits per heavy atom. The van der Waals surface area contributed by atoms with Crippen LogP contribution in [0.25, 0.3) is 0 Å². The highest BCUT2D eigenvalue weighted by molar-refractivity contribution is 7.88. The van der Waals surface area contributed by atoms with Crippen LogP contribution in [0.1, 0.15) is 30.4 Å². The Kier molecular flexibility index (Phi) is 4.11. The average molecular weight is 363 g/mol. The van der Waals surface area contributed by atoms with Crippen molar-refractivity contribution in [2.45, 2.75) is 43.3 Å². The molecule has 1 aromatic rings. The molecule has 2 fully saturated rings. The fraction of sp³-hybridized carbons (Fsp3) is 0.533. The molecule has 1 N–H and O–H groups in total. The van der Waals surface area contributed by atoms with Crippen molar-refractivity contribution in [2.75, 3.05) is 0 Å². The van der Waals surface area contributed by atoms with Crippen LogP contribution >= 0.6 is 0 Å². The molecule has 0 radical (unpaired) electrons. The molecule has 24 heavy (non-hydrogen) atoms. The lowest BCUT2D eigenvalue weighted by atomic mass is 9.89. The normalized spacial score (nSPS) is 27.5. The topological polar surface area (TPSA) is 74.7 Å². The number of hydrogen-bond donors (Lipinski definition) is 1. The van der Waals surface area contributed by atoms with E-state index >= 15 is 0 Å². The van der Waals surface area contributed by atoms with Gasteiger partial charge in [-0.05, 0) is 30.9 Å². The summed E-state index contributed by atoms with van der Waals surface area (Å²) in [5, 5.41) is 9.19. The van der Waals surface area contributed by atoms with E-state index in [1.54, 1.807) is 0 Å². The molecule has 3 rings (SSSR count). The quantitative estimate of drug-likeness (QED) is 0.892. The summed E-state index contributed by atoms with van der Waals surface area (Å²) in [6, 6.07) is 3.48. The average Bonchev–Trinajstić information content (AvgIpc) is 3.04. The summed E-state index contributed by atoms with van der Waals surface area (Å²) in [5.41, 5.74) is -1.29. The van der Waals surface area contributed by atoms with Gasteiger partial charge in [0.25, 0.3) is 0 Å². The molecule has 2 aliphatic heterocycles. The lowest BCUT2D eigenvalue weighted by molar-refractivity contribution is -0.142. The Bertz CT molecular complexity index is 762. The number of benzene rings is 1. The molecule has 3 atom stereocenters. The van der Waals surface area contributed by atoms with Crippen molar-refractivity contribution in [1.82, 2.24) is 4.31 Å². The third kappa shape index (κ3) is 2.90. The summed E-state index contributed by atoms with van der Waals surface area (Å²) in [4.78, 5) is 11.2. The van der Waals surface area contributed by atoms with E-state index in [2.05, 4.69) is 0 Å². The van der Waals surface area contributed by atoms with Gasteiger partial charge in [-0.3, -0.25) is 4.79 Å². The van der Waals surface area contributed by atoms with E-state index in [0.29, 0.717) is 12.8 Å². The maximum Gasteiger partial charge on any atom is 0.416 e. The molecule has 3 unspecified atom stereocenters. The Hall–Kier alpha value is -1.61. The SMILES string of the molecule is O=C(O)C1CC2CCC1N2S(=O)(=O)Cc1ccccc1C(F)(F)F. The van der Waals surface area contributed by atoms with Gasteiger partial charge in [-0.15, -0.1) is 0 Å². The number of nitrogens with zero attached hydrogens (tertiary/aromatic N) is 1. The molecule has 1 aromatic carbocycles. The van der Waals surface area contributed by atoms with Gasteiger partial charge in [0.15, 0.2) is 0 Å². The summed E-state index contributed by atoms with van der Waals surface area (Å²) in [6.07, 6.45) is -3.43. The van der Waals surface area contributed by atoms with E-state index in [-0.39, 0.29) is 12.0 Å². The minimum Gasteiger partial charge on any atom is -0.481 e. The molecular formula is C15H16F3NO4S. The first-order valence-corrected chi connectivity index (χ1v) is 9.11. The number of rotatable bonds is 4. The van der Waals surface area contributed by atoms with Crippen molar-refractivity contribution in [2.24, 2.45) is 5.92 Å². The van der Waals surface area contributed by atoms with Gasteiger partial charge in [0.05, 0.1) is 17.2 Å². The third-order valence-corrected chi connectivity index (χ3v) is 6.66. The van der Waals surface area contributed by atoms with Crippen LogP contribution in [0, 0.1) is 5.92 Å². The van der Waals surface area contributed by atoms with Crippen LogP contribution in [0.4, 0.5) is 13.2 Å². The maximum atomic E-state index is 13.0. The second-order valence-electron chi connectivity index (χ2n) is 6.22. The first-order chi connectivity index (χ1) is 11.1. The summed E-state index contributed by atoms with van der Waals surface area (Å²) in [6.45, 7) is 0. The number of alkyl halides is 3. The van der Waals surface area contributed by atoms with E-state index in [9.17, 15) is 31.5 Å². The van der Waals surface area contributed by atoms with Crippen LogP contribution in [0.5, 0.6) is 0 Å². The molecule has 2 heterocycles. The zero-order valence-electron chi connectivity index (χ0n) is 12.5. The predicted octanol–water partition coefficient (Wildman–Crippen LogP) is 2.47. The predicted molar refractivity (Wildman–Crippen MR) is 78.5 cm³/mol. The number of fused-ring (bicyclic) bond motifs is 2. The number of sulfonamides is 1. The molecular weight excluding hydrogens is 347 g/mol. The fourth-order valence-corrected chi connectivity index (χ4v) is 5.94. The van der Waals surface area contributed by atoms with E-state index in [4.69, 9.17) is 0 Å². The van der Waals surface area contributed by atoms with Crippen molar-refractivity contribution in [3.8, 4) is 0 Å². The van der Waals surface area contributed by atoms with Gasteiger partial charge in [0, 0.05) is 12.1 Å². The Morgan fingerprint density at radius 3 is 2.50 bits per heavy atom. The highest BCUT2D eigenvalue weighted by Crippen LogP contribution is 2.44. The number of hydrogen-bond acceptors (Lipinski definition) is 3. The Balaban J connectivity index is 1.90. The minimum absolute atomic E-state index is 0.222. The van der Waals surface area contributed by atoms with Crippen molar-refractivity contribution in [1.29, 1.82) is 0 Å². The van der Waals surface area contributed by atoms with E-state index in [1.165, 1.54) is 12.1 Å². The zero-order valence-corrected chi connectivity index (χ0v) is 13.3. The van der Waals surface area contributed by atoms with Crippen LogP contribution < -0.4 is 0 Å². The Morgan fingerprint density at radius 2 is 1.92 bits per heavy atom. The Labute approximate surface area is 137 Å². The molecule has 0 amide bonds.